The van der Waals surface area contributed by atoms with Crippen LogP contribution in [0, 0.1) is 0 Å². The molecule has 1 saturated heterocycles. The maximum Gasteiger partial charge on any atom is 0.0401 e. The molecule has 10 heavy (non-hydrogen) atoms. The van der Waals surface area contributed by atoms with Gasteiger partial charge in [0, 0.05) is 31.6 Å². The van der Waals surface area contributed by atoms with Crippen LogP contribution < -0.4 is 5.84 Å². The molecule has 0 aromatic heterocycles. The predicted octanol–water partition coefficient (Wildman–Crippen LogP) is 0.417. The van der Waals surface area contributed by atoms with Gasteiger partial charge in [0.15, 0.2) is 0 Å². The topological polar surface area (TPSA) is 41.6 Å². The molecule has 3 nitrogen and oxygen atoms in total. The quantitative estimate of drug-likeness (QED) is 0.424. The molecule has 1 heterocycles. The van der Waals surface area contributed by atoms with Gasteiger partial charge in [-0.15, -0.1) is 0 Å². The lowest BCUT2D eigenvalue weighted by atomic mass is 10.1. The van der Waals surface area contributed by atoms with Gasteiger partial charge in [0.25, 0.3) is 0 Å². The maximum atomic E-state index is 5.16. The van der Waals surface area contributed by atoms with Crippen molar-refractivity contribution in [2.75, 3.05) is 19.6 Å². The van der Waals surface area contributed by atoms with E-state index in [1.807, 2.05) is 0 Å². The van der Waals surface area contributed by atoms with Crippen molar-refractivity contribution in [2.24, 2.45) is 10.9 Å². The second-order valence-electron chi connectivity index (χ2n) is 2.63. The molecule has 58 valence electrons. The molecule has 1 aliphatic rings. The molecule has 0 aromatic carbocycles. The fraction of sp³-hybridized carbons (Fsp3) is 0.857. The van der Waals surface area contributed by atoms with Crippen molar-refractivity contribution >= 4 is 5.71 Å². The molecule has 3 heteroatoms. The van der Waals surface area contributed by atoms with Gasteiger partial charge in [-0.1, -0.05) is 6.92 Å². The minimum absolute atomic E-state index is 1.06. The Balaban J connectivity index is 2.31. The van der Waals surface area contributed by atoms with E-state index in [1.165, 1.54) is 5.71 Å². The van der Waals surface area contributed by atoms with Gasteiger partial charge in [-0.3, -0.25) is 0 Å². The molecule has 0 aromatic rings. The zero-order valence-electron chi connectivity index (χ0n) is 6.51. The highest BCUT2D eigenvalue weighted by molar-refractivity contribution is 5.85. The zero-order chi connectivity index (χ0) is 7.40. The number of hydrogen-bond donors (Lipinski definition) is 1. The lowest BCUT2D eigenvalue weighted by molar-refractivity contribution is 0.289. The van der Waals surface area contributed by atoms with Gasteiger partial charge < -0.3 is 10.7 Å². The van der Waals surface area contributed by atoms with Crippen LogP contribution in [-0.2, 0) is 0 Å². The number of hydrazone groups is 1. The first kappa shape index (κ1) is 7.54. The lowest BCUT2D eigenvalue weighted by Crippen LogP contribution is -2.33. The van der Waals surface area contributed by atoms with Crippen molar-refractivity contribution in [3.05, 3.63) is 0 Å². The van der Waals surface area contributed by atoms with Crippen molar-refractivity contribution in [3.8, 4) is 0 Å². The van der Waals surface area contributed by atoms with Crippen LogP contribution in [0.25, 0.3) is 0 Å². The van der Waals surface area contributed by atoms with Crippen LogP contribution in [0.3, 0.4) is 0 Å². The lowest BCUT2D eigenvalue weighted by Gasteiger charge is -2.25. The molecular formula is C7H15N3. The monoisotopic (exact) mass is 141 g/mol. The second-order valence-corrected chi connectivity index (χ2v) is 2.63. The Morgan fingerprint density at radius 2 is 2.10 bits per heavy atom. The van der Waals surface area contributed by atoms with Crippen molar-refractivity contribution < 1.29 is 0 Å². The number of piperidine rings is 1. The molecule has 0 saturated carbocycles. The van der Waals surface area contributed by atoms with E-state index in [2.05, 4.69) is 16.9 Å². The van der Waals surface area contributed by atoms with Crippen LogP contribution >= 0.6 is 0 Å². The number of rotatable bonds is 1. The van der Waals surface area contributed by atoms with E-state index in [0.717, 1.165) is 32.5 Å². The normalized spacial score (nSPS) is 21.1. The third-order valence-electron chi connectivity index (χ3n) is 2.06. The van der Waals surface area contributed by atoms with Crippen LogP contribution in [-0.4, -0.2) is 30.2 Å². The van der Waals surface area contributed by atoms with Crippen molar-refractivity contribution in [3.63, 3.8) is 0 Å². The van der Waals surface area contributed by atoms with E-state index < -0.39 is 0 Å². The SMILES string of the molecule is CCN1CCC(=NN)CC1. The average molecular weight is 141 g/mol. The first-order valence-corrected chi connectivity index (χ1v) is 3.84. The Hall–Kier alpha value is -0.570. The van der Waals surface area contributed by atoms with Crippen LogP contribution in [0.2, 0.25) is 0 Å². The van der Waals surface area contributed by atoms with Crippen molar-refractivity contribution in [2.45, 2.75) is 19.8 Å². The standard InChI is InChI=1S/C7H15N3/c1-2-10-5-3-7(9-8)4-6-10/h2-6,8H2,1H3. The van der Waals surface area contributed by atoms with Crippen LogP contribution in [0.5, 0.6) is 0 Å². The van der Waals surface area contributed by atoms with E-state index in [4.69, 9.17) is 5.84 Å². The van der Waals surface area contributed by atoms with E-state index in [1.54, 1.807) is 0 Å². The third kappa shape index (κ3) is 1.70. The summed E-state index contributed by atoms with van der Waals surface area (Å²) in [4.78, 5) is 2.41. The van der Waals surface area contributed by atoms with Gasteiger partial charge in [0.05, 0.1) is 0 Å². The van der Waals surface area contributed by atoms with Gasteiger partial charge in [-0.25, -0.2) is 0 Å². The molecule has 1 rings (SSSR count). The largest absolute Gasteiger partial charge is 0.323 e. The van der Waals surface area contributed by atoms with E-state index in [-0.39, 0.29) is 0 Å². The summed E-state index contributed by atoms with van der Waals surface area (Å²) in [5.74, 6) is 5.16. The summed E-state index contributed by atoms with van der Waals surface area (Å²) in [7, 11) is 0. The number of likely N-dealkylation sites (tertiary alicyclic amines) is 1. The molecule has 1 aliphatic heterocycles. The predicted molar refractivity (Wildman–Crippen MR) is 43.0 cm³/mol. The Morgan fingerprint density at radius 3 is 2.50 bits per heavy atom. The maximum absolute atomic E-state index is 5.16. The summed E-state index contributed by atoms with van der Waals surface area (Å²) in [5, 5.41) is 3.71. The summed E-state index contributed by atoms with van der Waals surface area (Å²) in [6.45, 7) is 5.60. The van der Waals surface area contributed by atoms with E-state index in [0.29, 0.717) is 0 Å². The Bertz CT molecular complexity index is 121. The van der Waals surface area contributed by atoms with Crippen LogP contribution in [0.1, 0.15) is 19.8 Å². The van der Waals surface area contributed by atoms with Crippen LogP contribution in [0.4, 0.5) is 0 Å². The van der Waals surface area contributed by atoms with Gasteiger partial charge in [0.1, 0.15) is 0 Å². The smallest absolute Gasteiger partial charge is 0.0401 e. The molecule has 2 N–H and O–H groups in total. The molecule has 1 fully saturated rings. The summed E-state index contributed by atoms with van der Waals surface area (Å²) in [5.41, 5.74) is 1.17. The molecule has 0 atom stereocenters. The molecular weight excluding hydrogens is 126 g/mol. The number of nitrogens with two attached hydrogens (primary N) is 1. The number of hydrogen-bond acceptors (Lipinski definition) is 3. The summed E-state index contributed by atoms with van der Waals surface area (Å²) >= 11 is 0. The van der Waals surface area contributed by atoms with Crippen molar-refractivity contribution in [1.82, 2.24) is 4.90 Å². The molecule has 0 radical (unpaired) electrons. The first-order valence-electron chi connectivity index (χ1n) is 3.84. The average Bonchev–Trinajstić information content (AvgIpc) is 2.05. The highest BCUT2D eigenvalue weighted by Gasteiger charge is 2.11. The fourth-order valence-corrected chi connectivity index (χ4v) is 1.26. The molecule has 0 aliphatic carbocycles. The van der Waals surface area contributed by atoms with E-state index >= 15 is 0 Å². The summed E-state index contributed by atoms with van der Waals surface area (Å²) in [6, 6.07) is 0. The van der Waals surface area contributed by atoms with Gasteiger partial charge in [0.2, 0.25) is 0 Å². The molecule has 0 spiro atoms. The van der Waals surface area contributed by atoms with E-state index in [9.17, 15) is 0 Å². The Labute approximate surface area is 61.9 Å². The van der Waals surface area contributed by atoms with Crippen molar-refractivity contribution in [1.29, 1.82) is 0 Å². The summed E-state index contributed by atoms with van der Waals surface area (Å²) < 4.78 is 0. The fourth-order valence-electron chi connectivity index (χ4n) is 1.26. The minimum atomic E-state index is 1.06. The Morgan fingerprint density at radius 1 is 1.50 bits per heavy atom. The van der Waals surface area contributed by atoms with Gasteiger partial charge in [-0.05, 0) is 6.54 Å². The third-order valence-corrected chi connectivity index (χ3v) is 2.06. The molecule has 0 bridgehead atoms. The first-order chi connectivity index (χ1) is 4.86. The second kappa shape index (κ2) is 3.56. The van der Waals surface area contributed by atoms with Gasteiger partial charge in [-0.2, -0.15) is 5.10 Å². The summed E-state index contributed by atoms with van der Waals surface area (Å²) in [6.07, 6.45) is 2.12. The zero-order valence-corrected chi connectivity index (χ0v) is 6.51. The molecule has 0 amide bonds. The minimum Gasteiger partial charge on any atom is -0.323 e. The van der Waals surface area contributed by atoms with Gasteiger partial charge >= 0.3 is 0 Å². The highest BCUT2D eigenvalue weighted by Crippen LogP contribution is 2.05. The highest BCUT2D eigenvalue weighted by atomic mass is 15.2. The Kier molecular flexibility index (Phi) is 2.68. The van der Waals surface area contributed by atoms with Crippen LogP contribution in [0.15, 0.2) is 5.10 Å². The molecule has 0 unspecified atom stereocenters. The number of nitrogens with zero attached hydrogens (tertiary/aromatic N) is 2.